The number of nitrogens with zero attached hydrogens (tertiary/aromatic N) is 1. The lowest BCUT2D eigenvalue weighted by Gasteiger charge is -2.41. The average Bonchev–Trinajstić information content (AvgIpc) is 3.16. The molecule has 2 fully saturated rings. The van der Waals surface area contributed by atoms with E-state index in [1.165, 1.54) is 0 Å². The van der Waals surface area contributed by atoms with Crippen LogP contribution in [-0.2, 0) is 16.9 Å². The molecular formula is C28H34F2N2O4. The lowest BCUT2D eigenvalue weighted by Crippen LogP contribution is -2.43. The van der Waals surface area contributed by atoms with Gasteiger partial charge in [-0.1, -0.05) is 18.2 Å². The van der Waals surface area contributed by atoms with Gasteiger partial charge >= 0.3 is 0 Å². The number of likely N-dealkylation sites (tertiary alicyclic amines) is 1. The Kier molecular flexibility index (Phi) is 6.55. The van der Waals surface area contributed by atoms with E-state index in [9.17, 15) is 18.7 Å². The van der Waals surface area contributed by atoms with Gasteiger partial charge in [-0.05, 0) is 67.5 Å². The molecule has 194 valence electrons. The summed E-state index contributed by atoms with van der Waals surface area (Å²) < 4.78 is 38.2. The van der Waals surface area contributed by atoms with E-state index in [4.69, 9.17) is 9.47 Å². The molecular weight excluding hydrogens is 466 g/mol. The van der Waals surface area contributed by atoms with Gasteiger partial charge in [0.25, 0.3) is 11.8 Å². The molecule has 0 spiro atoms. The van der Waals surface area contributed by atoms with Crippen molar-refractivity contribution in [2.24, 2.45) is 0 Å². The normalized spacial score (nSPS) is 28.2. The molecule has 2 aromatic rings. The molecule has 2 N–H and O–H groups in total. The van der Waals surface area contributed by atoms with Gasteiger partial charge in [0.05, 0.1) is 32.9 Å². The maximum atomic E-state index is 13.6. The number of alkyl halides is 2. The minimum atomic E-state index is -2.55. The zero-order valence-corrected chi connectivity index (χ0v) is 21.0. The summed E-state index contributed by atoms with van der Waals surface area (Å²) in [5.41, 5.74) is 3.04. The maximum absolute atomic E-state index is 13.6. The number of fused-ring (bicyclic) bond motifs is 1. The molecule has 2 aliphatic heterocycles. The third-order valence-electron chi connectivity index (χ3n) is 7.96. The fourth-order valence-electron chi connectivity index (χ4n) is 5.75. The topological polar surface area (TPSA) is 71.0 Å². The second-order valence-electron chi connectivity index (χ2n) is 10.7. The Morgan fingerprint density at radius 2 is 2.03 bits per heavy atom. The third kappa shape index (κ3) is 4.86. The summed E-state index contributed by atoms with van der Waals surface area (Å²) in [5.74, 6) is -1.74. The number of hydrogen-bond acceptors (Lipinski definition) is 5. The number of rotatable bonds is 6. The molecule has 0 radical (unpaired) electrons. The largest absolute Gasteiger partial charge is 0.496 e. The molecule has 5 rings (SSSR count). The van der Waals surface area contributed by atoms with Crippen molar-refractivity contribution in [1.82, 2.24) is 10.2 Å². The highest BCUT2D eigenvalue weighted by molar-refractivity contribution is 5.94. The van der Waals surface area contributed by atoms with Crippen LogP contribution in [-0.4, -0.2) is 54.7 Å². The second kappa shape index (κ2) is 9.39. The Hall–Kier alpha value is -2.55. The van der Waals surface area contributed by atoms with Crippen LogP contribution in [0, 0.1) is 0 Å². The summed E-state index contributed by atoms with van der Waals surface area (Å²) in [4.78, 5) is 14.9. The van der Waals surface area contributed by atoms with E-state index in [-0.39, 0.29) is 37.6 Å². The van der Waals surface area contributed by atoms with Gasteiger partial charge in [0.1, 0.15) is 11.4 Å². The maximum Gasteiger partial charge on any atom is 0.261 e. The zero-order valence-electron chi connectivity index (χ0n) is 21.0. The number of amides is 1. The van der Waals surface area contributed by atoms with Crippen molar-refractivity contribution in [1.29, 1.82) is 0 Å². The van der Waals surface area contributed by atoms with Gasteiger partial charge in [0, 0.05) is 30.1 Å². The first kappa shape index (κ1) is 25.1. The van der Waals surface area contributed by atoms with Gasteiger partial charge < -0.3 is 19.9 Å². The van der Waals surface area contributed by atoms with Gasteiger partial charge in [-0.25, -0.2) is 8.78 Å². The first-order valence-corrected chi connectivity index (χ1v) is 12.6. The minimum absolute atomic E-state index is 0.0413. The number of nitrogens with one attached hydrogen (secondary N) is 1. The monoisotopic (exact) mass is 500 g/mol. The van der Waals surface area contributed by atoms with Crippen LogP contribution in [0.1, 0.15) is 77.7 Å². The molecule has 1 saturated heterocycles. The van der Waals surface area contributed by atoms with Crippen LogP contribution in [0.15, 0.2) is 36.4 Å². The quantitative estimate of drug-likeness (QED) is 0.611. The number of benzene rings is 2. The van der Waals surface area contributed by atoms with E-state index in [1.54, 1.807) is 32.2 Å². The summed E-state index contributed by atoms with van der Waals surface area (Å²) in [5, 5.41) is 13.6. The average molecular weight is 501 g/mol. The lowest BCUT2D eigenvalue weighted by molar-refractivity contribution is -0.0603. The van der Waals surface area contributed by atoms with E-state index in [2.05, 4.69) is 11.4 Å². The molecule has 1 amide bonds. The molecule has 36 heavy (non-hydrogen) atoms. The molecule has 2 heterocycles. The van der Waals surface area contributed by atoms with Crippen LogP contribution >= 0.6 is 0 Å². The first-order valence-electron chi connectivity index (χ1n) is 12.6. The highest BCUT2D eigenvalue weighted by atomic mass is 19.3. The summed E-state index contributed by atoms with van der Waals surface area (Å²) in [7, 11) is 1.61. The highest BCUT2D eigenvalue weighted by Crippen LogP contribution is 2.44. The van der Waals surface area contributed by atoms with Crippen molar-refractivity contribution in [3.63, 3.8) is 0 Å². The van der Waals surface area contributed by atoms with Crippen LogP contribution in [0.4, 0.5) is 8.78 Å². The number of ether oxygens (including phenoxy) is 2. The summed E-state index contributed by atoms with van der Waals surface area (Å²) in [6.45, 7) is 4.56. The second-order valence-corrected chi connectivity index (χ2v) is 10.7. The predicted molar refractivity (Wildman–Crippen MR) is 131 cm³/mol. The Bertz CT molecular complexity index is 1150. The number of carbonyl (C=O) groups is 1. The van der Waals surface area contributed by atoms with E-state index in [0.717, 1.165) is 35.1 Å². The Morgan fingerprint density at radius 1 is 1.25 bits per heavy atom. The molecule has 3 aliphatic rings. The third-order valence-corrected chi connectivity index (χ3v) is 7.96. The number of aliphatic hydroxyl groups is 1. The SMILES string of the molecule is COc1cc(C2CC(N3CCC(F)(F)C3)C2)ccc1[C@H](C)NC(=O)c1ccc2c(c1)COC[C@]2(C)O. The molecule has 0 aromatic heterocycles. The van der Waals surface area contributed by atoms with Crippen molar-refractivity contribution in [3.8, 4) is 5.75 Å². The Morgan fingerprint density at radius 3 is 2.72 bits per heavy atom. The van der Waals surface area contributed by atoms with Gasteiger partial charge in [-0.3, -0.25) is 9.69 Å². The standard InChI is InChI=1S/C28H34F2N2O4/c1-17(31-26(33)19-5-7-24-21(10-19)14-36-16-27(24,2)34)23-6-4-18(13-25(23)35-3)20-11-22(12-20)32-9-8-28(29,30)15-32/h4-7,10,13,17,20,22,34H,8-9,11-12,14-16H2,1-3H3,(H,31,33)/t17-,20?,22?,27-/m0/s1. The van der Waals surface area contributed by atoms with Gasteiger partial charge in [0.2, 0.25) is 0 Å². The molecule has 8 heteroatoms. The van der Waals surface area contributed by atoms with E-state index in [0.29, 0.717) is 30.4 Å². The van der Waals surface area contributed by atoms with Crippen LogP contribution in [0.3, 0.4) is 0 Å². The van der Waals surface area contributed by atoms with E-state index < -0.39 is 11.5 Å². The van der Waals surface area contributed by atoms with Crippen molar-refractivity contribution in [2.75, 3.05) is 26.8 Å². The lowest BCUT2D eigenvalue weighted by atomic mass is 9.75. The summed E-state index contributed by atoms with van der Waals surface area (Å²) >= 11 is 0. The highest BCUT2D eigenvalue weighted by Gasteiger charge is 2.44. The predicted octanol–water partition coefficient (Wildman–Crippen LogP) is 4.51. The number of hydrogen-bond donors (Lipinski definition) is 2. The van der Waals surface area contributed by atoms with Gasteiger partial charge in [-0.15, -0.1) is 0 Å². The first-order chi connectivity index (χ1) is 17.1. The molecule has 2 aromatic carbocycles. The Balaban J connectivity index is 1.23. The zero-order chi connectivity index (χ0) is 25.7. The molecule has 1 saturated carbocycles. The molecule has 0 unspecified atom stereocenters. The number of carbonyl (C=O) groups excluding carboxylic acids is 1. The summed E-state index contributed by atoms with van der Waals surface area (Å²) in [6, 6.07) is 11.3. The minimum Gasteiger partial charge on any atom is -0.496 e. The summed E-state index contributed by atoms with van der Waals surface area (Å²) in [6.07, 6.45) is 1.71. The van der Waals surface area contributed by atoms with E-state index >= 15 is 0 Å². The van der Waals surface area contributed by atoms with Crippen LogP contribution in [0.5, 0.6) is 5.75 Å². The van der Waals surface area contributed by atoms with Gasteiger partial charge in [0.15, 0.2) is 0 Å². The van der Waals surface area contributed by atoms with Crippen LogP contribution in [0.2, 0.25) is 0 Å². The van der Waals surface area contributed by atoms with E-state index in [1.807, 2.05) is 24.0 Å². The smallest absolute Gasteiger partial charge is 0.261 e. The Labute approximate surface area is 210 Å². The fraction of sp³-hybridized carbons (Fsp3) is 0.536. The van der Waals surface area contributed by atoms with Crippen LogP contribution < -0.4 is 10.1 Å². The van der Waals surface area contributed by atoms with Crippen LogP contribution in [0.25, 0.3) is 0 Å². The number of methoxy groups -OCH3 is 1. The molecule has 1 aliphatic carbocycles. The molecule has 6 nitrogen and oxygen atoms in total. The van der Waals surface area contributed by atoms with Gasteiger partial charge in [-0.2, -0.15) is 0 Å². The van der Waals surface area contributed by atoms with Crippen molar-refractivity contribution in [3.05, 3.63) is 64.2 Å². The van der Waals surface area contributed by atoms with Crippen molar-refractivity contribution >= 4 is 5.91 Å². The fourth-order valence-corrected chi connectivity index (χ4v) is 5.75. The van der Waals surface area contributed by atoms with Crippen molar-refractivity contribution in [2.45, 2.75) is 69.2 Å². The molecule has 2 atom stereocenters. The molecule has 0 bridgehead atoms. The number of halogens is 2. The van der Waals surface area contributed by atoms with Crippen molar-refractivity contribution < 1.29 is 28.2 Å².